The van der Waals surface area contributed by atoms with E-state index in [1.165, 1.54) is 141 Å². The van der Waals surface area contributed by atoms with E-state index in [-0.39, 0.29) is 12.8 Å². The first-order valence-corrected chi connectivity index (χ1v) is 51.9. The zero-order valence-corrected chi connectivity index (χ0v) is 83.9. The van der Waals surface area contributed by atoms with Gasteiger partial charge in [0.05, 0.1) is 101 Å². The third kappa shape index (κ3) is 38.5. The number of aliphatic hydroxyl groups is 19. The molecule has 0 aromatic heterocycles. The maximum absolute atomic E-state index is 14.5. The Morgan fingerprint density at radius 3 is 1.09 bits per heavy atom. The topological polar surface area (TPSA) is 741 Å². The van der Waals surface area contributed by atoms with Gasteiger partial charge >= 0.3 is 17.9 Å². The zero-order valence-electron chi connectivity index (χ0n) is 83.9. The number of hydrogen-bond donors (Lipinski definition) is 26. The monoisotopic (exact) mass is 2070 g/mol. The quantitative estimate of drug-likeness (QED) is 0.0342. The molecule has 46 heteroatoms. The summed E-state index contributed by atoms with van der Waals surface area (Å²) in [5.74, 6) is -23.5. The molecule has 0 aliphatic carbocycles. The van der Waals surface area contributed by atoms with Gasteiger partial charge in [0.1, 0.15) is 122 Å². The predicted molar refractivity (Wildman–Crippen MR) is 502 cm³/mol. The van der Waals surface area contributed by atoms with E-state index in [9.17, 15) is 151 Å². The molecule has 6 aliphatic rings. The van der Waals surface area contributed by atoms with Crippen molar-refractivity contribution in [3.8, 4) is 0 Å². The molecule has 26 N–H and O–H groups in total. The van der Waals surface area contributed by atoms with Crippen LogP contribution in [-0.2, 0) is 95.2 Å². The number of carbonyl (C=O) groups excluding carboxylic acids is 5. The van der Waals surface area contributed by atoms with E-state index >= 15 is 0 Å². The molecular formula is C97H172N4O42. The number of Topliss-reactive ketones (excluding diaryl/α,β-unsaturated/α-hetero) is 1. The van der Waals surface area contributed by atoms with Crippen LogP contribution in [0.4, 0.5) is 0 Å². The molecule has 0 aromatic rings. The van der Waals surface area contributed by atoms with E-state index in [2.05, 4.69) is 35.1 Å². The molecule has 6 aliphatic heterocycles. The van der Waals surface area contributed by atoms with Crippen molar-refractivity contribution in [2.24, 2.45) is 5.92 Å². The average molecular weight is 2070 g/mol. The molecule has 0 spiro atoms. The van der Waals surface area contributed by atoms with Gasteiger partial charge in [-0.1, -0.05) is 232 Å². The number of carboxylic acid groups (broad SMARTS) is 3. The summed E-state index contributed by atoms with van der Waals surface area (Å²) in [6.45, 7) is -0.465. The fourth-order valence-electron chi connectivity index (χ4n) is 19.8. The Morgan fingerprint density at radius 1 is 0.371 bits per heavy atom. The highest BCUT2D eigenvalue weighted by atomic mass is 16.8. The molecule has 143 heavy (non-hydrogen) atoms. The minimum absolute atomic E-state index is 0.108. The second-order valence-corrected chi connectivity index (χ2v) is 39.6. The number of aliphatic carboxylic acids is 3. The van der Waals surface area contributed by atoms with Crippen LogP contribution in [0, 0.1) is 5.92 Å². The Kier molecular flexibility index (Phi) is 57.5. The second-order valence-electron chi connectivity index (χ2n) is 39.6. The lowest BCUT2D eigenvalue weighted by molar-refractivity contribution is -0.404. The molecule has 35 atom stereocenters. The van der Waals surface area contributed by atoms with Crippen LogP contribution in [0.2, 0.25) is 0 Å². The van der Waals surface area contributed by atoms with E-state index < -0.39 is 332 Å². The molecular weight excluding hydrogens is 1890 g/mol. The Labute approximate surface area is 836 Å². The summed E-state index contributed by atoms with van der Waals surface area (Å²) in [4.78, 5) is 107. The lowest BCUT2D eigenvalue weighted by atomic mass is 9.86. The lowest BCUT2D eigenvalue weighted by Crippen LogP contribution is -2.72. The smallest absolute Gasteiger partial charge is 0.364 e. The van der Waals surface area contributed by atoms with Crippen molar-refractivity contribution in [1.29, 1.82) is 0 Å². The van der Waals surface area contributed by atoms with Crippen molar-refractivity contribution in [3.63, 3.8) is 0 Å². The number of aliphatic hydroxyl groups excluding tert-OH is 19. The first kappa shape index (κ1) is 126. The molecule has 3 unspecified atom stereocenters. The summed E-state index contributed by atoms with van der Waals surface area (Å²) < 4.78 is 72.2. The SMILES string of the molecule is CCCCCCCCCCCCCCCCCCCCCCCCC(=O)N[C@@H](CO[C@@H]1O[C@H](CO)[C@@H](O[C@@H]2O[C@H](CO)[C@H](O[C@@H]3O[C@H](CO)[C@H](O)[C@H](O)[C@H]3CC(C)=O)[C@H](O[C@]3(C(=O)O)C[C@H](O)[C@@H](NC(C)=O)C([C@H](O)[C@@H](CO)O[C@]4(C(=O)O)C[C@H](O)[C@@H](NC(C)=O)C([C@H](O)[C@@H](CO)O[C@]5(C(=O)O)C[C@H](O)[C@@H](NC(C)=O)C([C@H](O)[C@H](O)CO)O5)O4)O3)[C@H]2O)[C@H](O)[C@H]1O)[C@H](O)CCCCCCCCCCCCCCC. The summed E-state index contributed by atoms with van der Waals surface area (Å²) in [7, 11) is 0. The van der Waals surface area contributed by atoms with Crippen LogP contribution in [0.3, 0.4) is 0 Å². The molecule has 6 fully saturated rings. The molecule has 4 amide bonds. The van der Waals surface area contributed by atoms with Crippen LogP contribution in [0.25, 0.3) is 0 Å². The van der Waals surface area contributed by atoms with Gasteiger partial charge in [-0.05, 0) is 19.8 Å². The summed E-state index contributed by atoms with van der Waals surface area (Å²) in [5, 5.41) is 262. The van der Waals surface area contributed by atoms with Crippen molar-refractivity contribution in [2.75, 3.05) is 46.2 Å². The third-order valence-corrected chi connectivity index (χ3v) is 27.9. The number of nitrogens with one attached hydrogen (secondary N) is 4. The van der Waals surface area contributed by atoms with Crippen LogP contribution < -0.4 is 21.3 Å². The van der Waals surface area contributed by atoms with Gasteiger partial charge in [0.15, 0.2) is 18.9 Å². The number of carbonyl (C=O) groups is 8. The molecule has 0 radical (unpaired) electrons. The van der Waals surface area contributed by atoms with Crippen molar-refractivity contribution in [2.45, 2.75) is 512 Å². The second kappa shape index (κ2) is 65.1. The summed E-state index contributed by atoms with van der Waals surface area (Å²) in [5.41, 5.74) is 0. The first-order chi connectivity index (χ1) is 68.1. The number of hydrogen-bond acceptors (Lipinski definition) is 39. The number of rotatable bonds is 72. The zero-order chi connectivity index (χ0) is 106. The molecule has 6 heterocycles. The molecule has 0 aromatic carbocycles. The molecule has 6 rings (SSSR count). The fourth-order valence-corrected chi connectivity index (χ4v) is 19.8. The van der Waals surface area contributed by atoms with Crippen LogP contribution >= 0.6 is 0 Å². The van der Waals surface area contributed by atoms with E-state index in [0.29, 0.717) is 12.8 Å². The average Bonchev–Trinajstić information content (AvgIpc) is 0.732. The minimum atomic E-state index is -3.70. The van der Waals surface area contributed by atoms with E-state index in [1.807, 2.05) is 0 Å². The van der Waals surface area contributed by atoms with Gasteiger partial charge < -0.3 is 195 Å². The van der Waals surface area contributed by atoms with Crippen LogP contribution in [-0.4, -0.2) is 413 Å². The van der Waals surface area contributed by atoms with Crippen LogP contribution in [0.5, 0.6) is 0 Å². The first-order valence-electron chi connectivity index (χ1n) is 51.9. The molecule has 0 bridgehead atoms. The van der Waals surface area contributed by atoms with Gasteiger partial charge in [-0.3, -0.25) is 19.2 Å². The van der Waals surface area contributed by atoms with E-state index in [4.69, 9.17) is 56.8 Å². The summed E-state index contributed by atoms with van der Waals surface area (Å²) >= 11 is 0. The van der Waals surface area contributed by atoms with E-state index in [0.717, 1.165) is 98.3 Å². The van der Waals surface area contributed by atoms with Crippen LogP contribution in [0.15, 0.2) is 0 Å². The van der Waals surface area contributed by atoms with Gasteiger partial charge in [-0.25, -0.2) is 14.4 Å². The van der Waals surface area contributed by atoms with Crippen LogP contribution in [0.1, 0.15) is 305 Å². The standard InChI is InChI=1S/C97H172N4O42/c1-7-9-11-13-15-17-19-21-22-23-24-25-26-27-28-29-31-33-35-37-39-41-43-71(117)101-60(61(112)42-40-38-36-34-32-30-20-18-16-14-12-10-8-2)54-132-90-81(124)80(123)83(69(52-106)134-90)136-91-82(125)88(84(70(53-107)135-91)137-89-59(44-55(3)108)75(118)77(120)66(49-103)133-89)143-97(94(130)131)47-64(115)74(100-58(6)111)87(142-97)79(122)68(51-105)139-96(93(128)129)46-63(114)73(99-57(5)110)86(141-96)78(121)67(50-104)138-95(92(126)127)45-62(113)72(98-56(4)109)85(140-95)76(119)65(116)48-102/h59-70,72-91,102-107,112-116,118-125H,7-54H2,1-6H3,(H,98,109)(H,99,110)(H,100,111)(H,101,117)(H,126,127)(H,128,129)(H,130,131)/t59-,60+,61-,62+,63+,64+,65-,66-,67-,68-,69-,70-,72-,73-,74-,75-,76-,77+,78-,79-,80-,81-,82-,83-,84+,85?,86?,87?,88-,89+,90-,91+,95-,96-,97+/m1/s1. The van der Waals surface area contributed by atoms with Gasteiger partial charge in [0.25, 0.3) is 17.4 Å². The van der Waals surface area contributed by atoms with Crippen molar-refractivity contribution < 1.29 is 208 Å². The maximum Gasteiger partial charge on any atom is 0.364 e. The largest absolute Gasteiger partial charge is 0.477 e. The lowest BCUT2D eigenvalue weighted by Gasteiger charge is -2.53. The number of amides is 4. The Hall–Kier alpha value is -5.28. The highest BCUT2D eigenvalue weighted by molar-refractivity contribution is 5.79. The number of carboxylic acids is 3. The number of ketones is 1. The normalized spacial score (nSPS) is 32.9. The van der Waals surface area contributed by atoms with Crippen molar-refractivity contribution in [3.05, 3.63) is 0 Å². The highest BCUT2D eigenvalue weighted by Crippen LogP contribution is 2.45. The van der Waals surface area contributed by atoms with Crippen molar-refractivity contribution in [1.82, 2.24) is 21.3 Å². The van der Waals surface area contributed by atoms with E-state index in [1.54, 1.807) is 0 Å². The Bertz CT molecular complexity index is 3650. The number of unbranched alkanes of at least 4 members (excludes halogenated alkanes) is 33. The summed E-state index contributed by atoms with van der Waals surface area (Å²) in [6.07, 6.45) is -26.0. The predicted octanol–water partition coefficient (Wildman–Crippen LogP) is -0.474. The summed E-state index contributed by atoms with van der Waals surface area (Å²) in [6, 6.07) is -7.20. The van der Waals surface area contributed by atoms with Gasteiger partial charge in [-0.15, -0.1) is 0 Å². The number of ether oxygens (including phenoxy) is 12. The van der Waals surface area contributed by atoms with Gasteiger partial charge in [0.2, 0.25) is 23.6 Å². The molecule has 832 valence electrons. The molecule has 46 nitrogen and oxygen atoms in total. The molecule has 0 saturated carbocycles. The maximum atomic E-state index is 14.5. The third-order valence-electron chi connectivity index (χ3n) is 27.9. The Morgan fingerprint density at radius 2 is 0.720 bits per heavy atom. The van der Waals surface area contributed by atoms with Gasteiger partial charge in [0, 0.05) is 58.8 Å². The Balaban J connectivity index is 1.26. The highest BCUT2D eigenvalue weighted by Gasteiger charge is 2.65. The van der Waals surface area contributed by atoms with Gasteiger partial charge in [-0.2, -0.15) is 0 Å². The fraction of sp³-hybridized carbons (Fsp3) is 0.918. The minimum Gasteiger partial charge on any atom is -0.477 e. The van der Waals surface area contributed by atoms with Crippen molar-refractivity contribution >= 4 is 47.3 Å². The molecule has 6 saturated heterocycles.